The SMILES string of the molecule is COc1cc(C)ccc1S(=O)(=O)N1CCN(c2cc(Cl)ccc2Cl)CC1. The molecular formula is C18H20Cl2N2O3S. The Balaban J connectivity index is 1.80. The first-order valence-corrected chi connectivity index (χ1v) is 10.4. The van der Waals surface area contributed by atoms with Crippen LogP contribution in [0.1, 0.15) is 5.56 Å². The molecule has 0 unspecified atom stereocenters. The number of hydrogen-bond acceptors (Lipinski definition) is 4. The van der Waals surface area contributed by atoms with E-state index < -0.39 is 10.0 Å². The molecule has 0 radical (unpaired) electrons. The van der Waals surface area contributed by atoms with Crippen molar-refractivity contribution in [2.24, 2.45) is 0 Å². The van der Waals surface area contributed by atoms with Gasteiger partial charge in [0.05, 0.1) is 17.8 Å². The number of sulfonamides is 1. The Hall–Kier alpha value is -1.47. The standard InChI is InChI=1S/C18H20Cl2N2O3S/c1-13-3-6-18(17(11-13)25-2)26(23,24)22-9-7-21(8-10-22)16-12-14(19)4-5-15(16)20/h3-6,11-12H,7-10H2,1-2H3. The van der Waals surface area contributed by atoms with Gasteiger partial charge < -0.3 is 9.64 Å². The van der Waals surface area contributed by atoms with Crippen LogP contribution < -0.4 is 9.64 Å². The van der Waals surface area contributed by atoms with Crippen LogP contribution in [0, 0.1) is 6.92 Å². The topological polar surface area (TPSA) is 49.9 Å². The number of methoxy groups -OCH3 is 1. The summed E-state index contributed by atoms with van der Waals surface area (Å²) in [6, 6.07) is 10.4. The molecule has 5 nitrogen and oxygen atoms in total. The largest absolute Gasteiger partial charge is 0.495 e. The van der Waals surface area contributed by atoms with Gasteiger partial charge in [0, 0.05) is 31.2 Å². The molecule has 26 heavy (non-hydrogen) atoms. The van der Waals surface area contributed by atoms with Crippen molar-refractivity contribution in [3.05, 3.63) is 52.0 Å². The molecule has 0 atom stereocenters. The second-order valence-corrected chi connectivity index (χ2v) is 8.89. The van der Waals surface area contributed by atoms with E-state index in [4.69, 9.17) is 27.9 Å². The van der Waals surface area contributed by atoms with Crippen molar-refractivity contribution in [1.82, 2.24) is 4.31 Å². The fourth-order valence-corrected chi connectivity index (χ4v) is 4.99. The molecular weight excluding hydrogens is 395 g/mol. The average molecular weight is 415 g/mol. The van der Waals surface area contributed by atoms with Gasteiger partial charge in [-0.25, -0.2) is 8.42 Å². The van der Waals surface area contributed by atoms with Crippen LogP contribution >= 0.6 is 23.2 Å². The molecule has 0 aromatic heterocycles. The zero-order chi connectivity index (χ0) is 18.9. The molecule has 2 aromatic rings. The van der Waals surface area contributed by atoms with Gasteiger partial charge in [-0.15, -0.1) is 0 Å². The Labute approximate surface area is 164 Å². The first-order valence-electron chi connectivity index (χ1n) is 8.17. The van der Waals surface area contributed by atoms with Crippen LogP contribution in [0.2, 0.25) is 10.0 Å². The molecule has 0 amide bonds. The Morgan fingerprint density at radius 1 is 1.00 bits per heavy atom. The number of benzene rings is 2. The van der Waals surface area contributed by atoms with Gasteiger partial charge in [-0.3, -0.25) is 0 Å². The minimum Gasteiger partial charge on any atom is -0.495 e. The summed E-state index contributed by atoms with van der Waals surface area (Å²) >= 11 is 12.3. The minimum absolute atomic E-state index is 0.194. The maximum absolute atomic E-state index is 13.0. The molecule has 0 saturated carbocycles. The maximum atomic E-state index is 13.0. The van der Waals surface area contributed by atoms with E-state index >= 15 is 0 Å². The molecule has 140 valence electrons. The van der Waals surface area contributed by atoms with E-state index in [1.807, 2.05) is 11.8 Å². The van der Waals surface area contributed by atoms with Crippen molar-refractivity contribution < 1.29 is 13.2 Å². The van der Waals surface area contributed by atoms with E-state index in [9.17, 15) is 8.42 Å². The van der Waals surface area contributed by atoms with Gasteiger partial charge in [0.2, 0.25) is 10.0 Å². The highest BCUT2D eigenvalue weighted by molar-refractivity contribution is 7.89. The molecule has 1 aliphatic heterocycles. The number of nitrogens with zero attached hydrogens (tertiary/aromatic N) is 2. The van der Waals surface area contributed by atoms with Gasteiger partial charge in [0.1, 0.15) is 10.6 Å². The van der Waals surface area contributed by atoms with Crippen LogP contribution in [0.15, 0.2) is 41.3 Å². The molecule has 3 rings (SSSR count). The lowest BCUT2D eigenvalue weighted by Gasteiger charge is -2.36. The van der Waals surface area contributed by atoms with Crippen LogP contribution in [-0.4, -0.2) is 46.0 Å². The van der Waals surface area contributed by atoms with Crippen LogP contribution in [0.4, 0.5) is 5.69 Å². The summed E-state index contributed by atoms with van der Waals surface area (Å²) in [5.41, 5.74) is 1.77. The van der Waals surface area contributed by atoms with Crippen LogP contribution in [0.3, 0.4) is 0 Å². The third kappa shape index (κ3) is 3.78. The van der Waals surface area contributed by atoms with Gasteiger partial charge in [0.25, 0.3) is 0 Å². The number of anilines is 1. The number of ether oxygens (including phenoxy) is 1. The van der Waals surface area contributed by atoms with Gasteiger partial charge in [0.15, 0.2) is 0 Å². The second-order valence-electron chi connectivity index (χ2n) is 6.14. The average Bonchev–Trinajstić information content (AvgIpc) is 2.63. The van der Waals surface area contributed by atoms with E-state index in [1.165, 1.54) is 11.4 Å². The molecule has 0 spiro atoms. The van der Waals surface area contributed by atoms with Gasteiger partial charge >= 0.3 is 0 Å². The highest BCUT2D eigenvalue weighted by atomic mass is 35.5. The highest BCUT2D eigenvalue weighted by Gasteiger charge is 2.31. The molecule has 8 heteroatoms. The zero-order valence-electron chi connectivity index (χ0n) is 14.6. The van der Waals surface area contributed by atoms with Crippen molar-refractivity contribution in [3.63, 3.8) is 0 Å². The minimum atomic E-state index is -3.62. The van der Waals surface area contributed by atoms with E-state index in [0.717, 1.165) is 11.3 Å². The summed E-state index contributed by atoms with van der Waals surface area (Å²) in [5.74, 6) is 0.366. The quantitative estimate of drug-likeness (QED) is 0.762. The Kier molecular flexibility index (Phi) is 5.67. The van der Waals surface area contributed by atoms with E-state index in [1.54, 1.807) is 36.4 Å². The number of aryl methyl sites for hydroxylation is 1. The Morgan fingerprint density at radius 3 is 2.35 bits per heavy atom. The number of halogens is 2. The molecule has 0 aliphatic carbocycles. The molecule has 1 saturated heterocycles. The Bertz CT molecular complexity index is 911. The molecule has 0 bridgehead atoms. The Morgan fingerprint density at radius 2 is 1.69 bits per heavy atom. The van der Waals surface area contributed by atoms with E-state index in [-0.39, 0.29) is 4.90 Å². The monoisotopic (exact) mass is 414 g/mol. The van der Waals surface area contributed by atoms with E-state index in [2.05, 4.69) is 0 Å². The lowest BCUT2D eigenvalue weighted by atomic mass is 10.2. The number of rotatable bonds is 4. The van der Waals surface area contributed by atoms with Crippen molar-refractivity contribution >= 4 is 38.9 Å². The fraction of sp³-hybridized carbons (Fsp3) is 0.333. The second kappa shape index (κ2) is 7.64. The summed E-state index contributed by atoms with van der Waals surface area (Å²) in [4.78, 5) is 2.24. The molecule has 1 aliphatic rings. The van der Waals surface area contributed by atoms with Gasteiger partial charge in [-0.1, -0.05) is 29.3 Å². The first-order chi connectivity index (χ1) is 12.3. The number of hydrogen-bond donors (Lipinski definition) is 0. The van der Waals surface area contributed by atoms with Crippen LogP contribution in [0.25, 0.3) is 0 Å². The lowest BCUT2D eigenvalue weighted by molar-refractivity contribution is 0.374. The summed E-state index contributed by atoms with van der Waals surface area (Å²) < 4.78 is 32.8. The molecule has 2 aromatic carbocycles. The van der Waals surface area contributed by atoms with Crippen LogP contribution in [0.5, 0.6) is 5.75 Å². The van der Waals surface area contributed by atoms with E-state index in [0.29, 0.717) is 42.0 Å². The normalized spacial score (nSPS) is 15.9. The third-order valence-corrected chi connectivity index (χ3v) is 6.92. The highest BCUT2D eigenvalue weighted by Crippen LogP contribution is 2.32. The van der Waals surface area contributed by atoms with Crippen molar-refractivity contribution in [3.8, 4) is 5.75 Å². The number of piperazine rings is 1. The predicted molar refractivity (Wildman–Crippen MR) is 105 cm³/mol. The van der Waals surface area contributed by atoms with Gasteiger partial charge in [-0.2, -0.15) is 4.31 Å². The predicted octanol–water partition coefficient (Wildman–Crippen LogP) is 3.82. The molecule has 1 heterocycles. The van der Waals surface area contributed by atoms with Crippen molar-refractivity contribution in [1.29, 1.82) is 0 Å². The third-order valence-electron chi connectivity index (χ3n) is 4.42. The summed E-state index contributed by atoms with van der Waals surface area (Å²) in [6.07, 6.45) is 0. The van der Waals surface area contributed by atoms with Crippen molar-refractivity contribution in [2.75, 3.05) is 38.2 Å². The molecule has 1 fully saturated rings. The molecule has 0 N–H and O–H groups in total. The zero-order valence-corrected chi connectivity index (χ0v) is 16.9. The van der Waals surface area contributed by atoms with Crippen LogP contribution in [-0.2, 0) is 10.0 Å². The maximum Gasteiger partial charge on any atom is 0.246 e. The smallest absolute Gasteiger partial charge is 0.246 e. The summed E-state index contributed by atoms with van der Waals surface area (Å²) in [6.45, 7) is 3.69. The fourth-order valence-electron chi connectivity index (χ4n) is 3.02. The summed E-state index contributed by atoms with van der Waals surface area (Å²) in [5, 5.41) is 1.20. The summed E-state index contributed by atoms with van der Waals surface area (Å²) in [7, 11) is -2.14. The van der Waals surface area contributed by atoms with Gasteiger partial charge in [-0.05, 0) is 42.8 Å². The van der Waals surface area contributed by atoms with Crippen molar-refractivity contribution in [2.45, 2.75) is 11.8 Å². The first kappa shape index (κ1) is 19.3. The lowest BCUT2D eigenvalue weighted by Crippen LogP contribution is -2.48.